The van der Waals surface area contributed by atoms with Crippen molar-refractivity contribution >= 4 is 23.2 Å². The molecule has 0 radical (unpaired) electrons. The number of halogens is 2. The first-order chi connectivity index (χ1) is 8.05. The number of benzene rings is 1. The van der Waals surface area contributed by atoms with E-state index in [4.69, 9.17) is 37.4 Å². The first kappa shape index (κ1) is 13.1. The van der Waals surface area contributed by atoms with Crippen LogP contribution in [0.1, 0.15) is 12.5 Å². The minimum absolute atomic E-state index is 0.0725. The van der Waals surface area contributed by atoms with Gasteiger partial charge < -0.3 is 14.2 Å². The SMILES string of the molecule is COCC1CO[C@](C)(c2ccc(Cl)cc2Cl)O1. The summed E-state index contributed by atoms with van der Waals surface area (Å²) in [4.78, 5) is 0. The summed E-state index contributed by atoms with van der Waals surface area (Å²) < 4.78 is 16.5. The Kier molecular flexibility index (Phi) is 3.95. The normalized spacial score (nSPS) is 28.6. The molecule has 2 atom stereocenters. The first-order valence-electron chi connectivity index (χ1n) is 5.31. The van der Waals surface area contributed by atoms with E-state index in [9.17, 15) is 0 Å². The van der Waals surface area contributed by atoms with Crippen molar-refractivity contribution in [2.75, 3.05) is 20.3 Å². The van der Waals surface area contributed by atoms with E-state index < -0.39 is 5.79 Å². The van der Waals surface area contributed by atoms with Gasteiger partial charge in [0.15, 0.2) is 5.79 Å². The van der Waals surface area contributed by atoms with Gasteiger partial charge in [0.2, 0.25) is 0 Å². The number of hydrogen-bond acceptors (Lipinski definition) is 3. The van der Waals surface area contributed by atoms with Crippen LogP contribution < -0.4 is 0 Å². The van der Waals surface area contributed by atoms with Crippen LogP contribution in [0.5, 0.6) is 0 Å². The highest BCUT2D eigenvalue weighted by Crippen LogP contribution is 2.38. The van der Waals surface area contributed by atoms with Gasteiger partial charge in [0.25, 0.3) is 0 Å². The molecule has 1 fully saturated rings. The standard InChI is InChI=1S/C12H14Cl2O3/c1-12(16-7-9(17-12)6-15-2)10-4-3-8(13)5-11(10)14/h3-5,9H,6-7H2,1-2H3/t9?,12-/m0/s1. The molecular formula is C12H14Cl2O3. The van der Waals surface area contributed by atoms with Crippen LogP contribution in [0.15, 0.2) is 18.2 Å². The minimum atomic E-state index is -0.829. The molecular weight excluding hydrogens is 263 g/mol. The molecule has 3 nitrogen and oxygen atoms in total. The molecule has 1 aromatic carbocycles. The maximum Gasteiger partial charge on any atom is 0.194 e. The summed E-state index contributed by atoms with van der Waals surface area (Å²) >= 11 is 12.0. The zero-order valence-corrected chi connectivity index (χ0v) is 11.2. The van der Waals surface area contributed by atoms with Gasteiger partial charge in [0, 0.05) is 17.7 Å². The van der Waals surface area contributed by atoms with Crippen molar-refractivity contribution in [3.63, 3.8) is 0 Å². The predicted octanol–water partition coefficient (Wildman–Crippen LogP) is 3.23. The van der Waals surface area contributed by atoms with Crippen LogP contribution in [0, 0.1) is 0 Å². The number of hydrogen-bond donors (Lipinski definition) is 0. The third-order valence-electron chi connectivity index (χ3n) is 2.71. The Bertz CT molecular complexity index is 411. The molecule has 1 unspecified atom stereocenters. The van der Waals surface area contributed by atoms with Gasteiger partial charge in [-0.15, -0.1) is 0 Å². The van der Waals surface area contributed by atoms with E-state index in [-0.39, 0.29) is 6.10 Å². The molecule has 17 heavy (non-hydrogen) atoms. The van der Waals surface area contributed by atoms with Crippen LogP contribution in [-0.2, 0) is 20.0 Å². The summed E-state index contributed by atoms with van der Waals surface area (Å²) in [7, 11) is 1.63. The summed E-state index contributed by atoms with van der Waals surface area (Å²) in [5.74, 6) is -0.829. The van der Waals surface area contributed by atoms with Crippen LogP contribution >= 0.6 is 23.2 Å². The average Bonchev–Trinajstić information content (AvgIpc) is 2.61. The smallest absolute Gasteiger partial charge is 0.194 e. The van der Waals surface area contributed by atoms with Crippen molar-refractivity contribution < 1.29 is 14.2 Å². The van der Waals surface area contributed by atoms with Gasteiger partial charge in [-0.1, -0.05) is 29.3 Å². The molecule has 0 amide bonds. The van der Waals surface area contributed by atoms with Crippen LogP contribution in [0.2, 0.25) is 10.0 Å². The lowest BCUT2D eigenvalue weighted by molar-refractivity contribution is -0.166. The lowest BCUT2D eigenvalue weighted by atomic mass is 10.1. The van der Waals surface area contributed by atoms with Crippen molar-refractivity contribution in [1.29, 1.82) is 0 Å². The average molecular weight is 277 g/mol. The van der Waals surface area contributed by atoms with Crippen molar-refractivity contribution in [1.82, 2.24) is 0 Å². The maximum absolute atomic E-state index is 6.15. The maximum atomic E-state index is 6.15. The van der Waals surface area contributed by atoms with E-state index in [1.165, 1.54) is 0 Å². The lowest BCUT2D eigenvalue weighted by Crippen LogP contribution is -2.25. The van der Waals surface area contributed by atoms with Crippen molar-refractivity contribution in [3.05, 3.63) is 33.8 Å². The largest absolute Gasteiger partial charge is 0.382 e. The molecule has 0 N–H and O–H groups in total. The molecule has 0 bridgehead atoms. The molecule has 1 aliphatic heterocycles. The van der Waals surface area contributed by atoms with Gasteiger partial charge in [0.1, 0.15) is 6.10 Å². The van der Waals surface area contributed by atoms with Crippen LogP contribution in [0.25, 0.3) is 0 Å². The third kappa shape index (κ3) is 2.75. The fourth-order valence-corrected chi connectivity index (χ4v) is 2.49. The summed E-state index contributed by atoms with van der Waals surface area (Å²) in [5, 5.41) is 1.13. The Hall–Kier alpha value is -0.320. The Morgan fingerprint density at radius 3 is 2.88 bits per heavy atom. The second kappa shape index (κ2) is 5.12. The van der Waals surface area contributed by atoms with Crippen molar-refractivity contribution in [2.24, 2.45) is 0 Å². The Balaban J connectivity index is 2.21. The number of ether oxygens (including phenoxy) is 3. The van der Waals surface area contributed by atoms with Gasteiger partial charge in [0.05, 0.1) is 18.2 Å². The molecule has 5 heteroatoms. The number of methoxy groups -OCH3 is 1. The molecule has 2 rings (SSSR count). The lowest BCUT2D eigenvalue weighted by Gasteiger charge is -2.24. The van der Waals surface area contributed by atoms with Crippen molar-refractivity contribution in [3.8, 4) is 0 Å². The van der Waals surface area contributed by atoms with Crippen molar-refractivity contribution in [2.45, 2.75) is 18.8 Å². The van der Waals surface area contributed by atoms with E-state index in [0.29, 0.717) is 23.3 Å². The van der Waals surface area contributed by atoms with E-state index in [1.807, 2.05) is 13.0 Å². The predicted molar refractivity (Wildman–Crippen MR) is 66.5 cm³/mol. The molecule has 1 aliphatic rings. The summed E-state index contributed by atoms with van der Waals surface area (Å²) in [6, 6.07) is 5.27. The quantitative estimate of drug-likeness (QED) is 0.849. The Morgan fingerprint density at radius 1 is 1.47 bits per heavy atom. The highest BCUT2D eigenvalue weighted by Gasteiger charge is 2.40. The molecule has 1 saturated heterocycles. The zero-order chi connectivity index (χ0) is 12.5. The third-order valence-corrected chi connectivity index (χ3v) is 3.26. The number of rotatable bonds is 3. The van der Waals surface area contributed by atoms with E-state index >= 15 is 0 Å². The summed E-state index contributed by atoms with van der Waals surface area (Å²) in [6.07, 6.45) is -0.0725. The zero-order valence-electron chi connectivity index (χ0n) is 9.70. The minimum Gasteiger partial charge on any atom is -0.382 e. The molecule has 94 valence electrons. The highest BCUT2D eigenvalue weighted by atomic mass is 35.5. The second-order valence-corrected chi connectivity index (χ2v) is 4.92. The molecule has 0 saturated carbocycles. The van der Waals surface area contributed by atoms with E-state index in [0.717, 1.165) is 5.56 Å². The monoisotopic (exact) mass is 276 g/mol. The fourth-order valence-electron chi connectivity index (χ4n) is 1.91. The summed E-state index contributed by atoms with van der Waals surface area (Å²) in [5.41, 5.74) is 0.780. The molecule has 1 aromatic rings. The van der Waals surface area contributed by atoms with Gasteiger partial charge in [-0.2, -0.15) is 0 Å². The van der Waals surface area contributed by atoms with Gasteiger partial charge in [-0.05, 0) is 19.1 Å². The fraction of sp³-hybridized carbons (Fsp3) is 0.500. The topological polar surface area (TPSA) is 27.7 Å². The van der Waals surface area contributed by atoms with Crippen LogP contribution in [-0.4, -0.2) is 26.4 Å². The van der Waals surface area contributed by atoms with Gasteiger partial charge in [-0.3, -0.25) is 0 Å². The molecule has 0 spiro atoms. The van der Waals surface area contributed by atoms with Gasteiger partial charge >= 0.3 is 0 Å². The van der Waals surface area contributed by atoms with E-state index in [1.54, 1.807) is 19.2 Å². The van der Waals surface area contributed by atoms with Gasteiger partial charge in [-0.25, -0.2) is 0 Å². The molecule has 0 aromatic heterocycles. The Morgan fingerprint density at radius 2 is 2.24 bits per heavy atom. The molecule has 1 heterocycles. The van der Waals surface area contributed by atoms with Crippen LogP contribution in [0.3, 0.4) is 0 Å². The second-order valence-electron chi connectivity index (χ2n) is 4.08. The first-order valence-corrected chi connectivity index (χ1v) is 6.07. The Labute approximate surface area is 111 Å². The van der Waals surface area contributed by atoms with E-state index in [2.05, 4.69) is 0 Å². The highest BCUT2D eigenvalue weighted by molar-refractivity contribution is 6.35. The molecule has 0 aliphatic carbocycles. The van der Waals surface area contributed by atoms with Crippen LogP contribution in [0.4, 0.5) is 0 Å². The summed E-state index contributed by atoms with van der Waals surface area (Å²) in [6.45, 7) is 2.84.